The molecule has 1 amide bonds. The first-order chi connectivity index (χ1) is 17.4. The number of esters is 1. The maximum atomic E-state index is 12.7. The molecule has 8 nitrogen and oxygen atoms in total. The van der Waals surface area contributed by atoms with Gasteiger partial charge in [0.2, 0.25) is 5.91 Å². The van der Waals surface area contributed by atoms with Gasteiger partial charge in [0, 0.05) is 29.4 Å². The van der Waals surface area contributed by atoms with Crippen LogP contribution in [-0.4, -0.2) is 46.6 Å². The number of thiophene rings is 1. The fourth-order valence-electron chi connectivity index (χ4n) is 3.44. The van der Waals surface area contributed by atoms with E-state index in [1.54, 1.807) is 19.2 Å². The minimum Gasteiger partial charge on any atom is -0.497 e. The summed E-state index contributed by atoms with van der Waals surface area (Å²) < 4.78 is 12.0. The second-order valence-electron chi connectivity index (χ2n) is 7.67. The normalized spacial score (nSPS) is 10.8. The summed E-state index contributed by atoms with van der Waals surface area (Å²) in [6.07, 6.45) is 0.603. The first-order valence-corrected chi connectivity index (χ1v) is 13.0. The molecule has 0 saturated carbocycles. The van der Waals surface area contributed by atoms with Crippen molar-refractivity contribution in [1.82, 2.24) is 14.8 Å². The number of aromatic nitrogens is 3. The molecule has 0 radical (unpaired) electrons. The lowest BCUT2D eigenvalue weighted by molar-refractivity contribution is -0.113. The molecule has 186 valence electrons. The number of hydrogen-bond acceptors (Lipinski definition) is 8. The maximum absolute atomic E-state index is 12.7. The summed E-state index contributed by atoms with van der Waals surface area (Å²) in [6.45, 7) is 0. The van der Waals surface area contributed by atoms with Crippen LogP contribution < -0.4 is 10.1 Å². The van der Waals surface area contributed by atoms with Crippen LogP contribution >= 0.6 is 34.7 Å². The Morgan fingerprint density at radius 3 is 2.47 bits per heavy atom. The number of thioether (sulfide) groups is 1. The number of hydrogen-bond donors (Lipinski definition) is 1. The van der Waals surface area contributed by atoms with Gasteiger partial charge in [0.05, 0.1) is 20.0 Å². The number of anilines is 1. The van der Waals surface area contributed by atoms with Crippen LogP contribution in [0.1, 0.15) is 21.7 Å². The average molecular weight is 543 g/mol. The summed E-state index contributed by atoms with van der Waals surface area (Å²) in [6, 6.07) is 14.9. The molecular formula is C25H23ClN4O4S2. The molecule has 4 aromatic rings. The third-order valence-electron chi connectivity index (χ3n) is 5.37. The molecule has 11 heteroatoms. The number of nitrogens with zero attached hydrogens (tertiary/aromatic N) is 3. The standard InChI is InChI=1S/C25H23ClN4O4S2/c1-30-20(12-15-4-10-18(33-2)11-5-15)28-29-25(30)36-14-21(31)27-23-22(24(32)34-3)19(13-35-23)16-6-8-17(26)9-7-16/h4-11,13H,12,14H2,1-3H3,(H,27,31). The van der Waals surface area contributed by atoms with E-state index >= 15 is 0 Å². The Morgan fingerprint density at radius 1 is 1.08 bits per heavy atom. The van der Waals surface area contributed by atoms with E-state index in [2.05, 4.69) is 15.5 Å². The lowest BCUT2D eigenvalue weighted by Gasteiger charge is -2.08. The molecule has 0 saturated heterocycles. The molecule has 2 heterocycles. The minimum absolute atomic E-state index is 0.100. The molecule has 0 fully saturated rings. The summed E-state index contributed by atoms with van der Waals surface area (Å²) in [7, 11) is 4.81. The molecule has 0 atom stereocenters. The van der Waals surface area contributed by atoms with E-state index in [4.69, 9.17) is 21.1 Å². The van der Waals surface area contributed by atoms with Crippen LogP contribution in [-0.2, 0) is 23.0 Å². The molecule has 0 aliphatic rings. The minimum atomic E-state index is -0.527. The first-order valence-electron chi connectivity index (χ1n) is 10.8. The predicted molar refractivity (Wildman–Crippen MR) is 142 cm³/mol. The van der Waals surface area contributed by atoms with Crippen molar-refractivity contribution in [1.29, 1.82) is 0 Å². The molecule has 0 spiro atoms. The number of carbonyl (C=O) groups excluding carboxylic acids is 2. The van der Waals surface area contributed by atoms with Crippen molar-refractivity contribution in [2.75, 3.05) is 25.3 Å². The van der Waals surface area contributed by atoms with E-state index in [0.29, 0.717) is 32.7 Å². The zero-order valence-electron chi connectivity index (χ0n) is 19.8. The van der Waals surface area contributed by atoms with Gasteiger partial charge >= 0.3 is 5.97 Å². The third kappa shape index (κ3) is 5.89. The van der Waals surface area contributed by atoms with Crippen LogP contribution in [0.25, 0.3) is 11.1 Å². The summed E-state index contributed by atoms with van der Waals surface area (Å²) in [5, 5.41) is 14.8. The van der Waals surface area contributed by atoms with Crippen molar-refractivity contribution in [2.45, 2.75) is 11.6 Å². The Morgan fingerprint density at radius 2 is 1.81 bits per heavy atom. The molecule has 4 rings (SSSR count). The number of nitrogens with one attached hydrogen (secondary N) is 1. The molecule has 0 aliphatic heterocycles. The van der Waals surface area contributed by atoms with Gasteiger partial charge in [-0.1, -0.05) is 47.6 Å². The number of carbonyl (C=O) groups is 2. The van der Waals surface area contributed by atoms with E-state index in [1.165, 1.54) is 30.2 Å². The molecule has 2 aromatic carbocycles. The average Bonchev–Trinajstić information content (AvgIpc) is 3.46. The van der Waals surface area contributed by atoms with Gasteiger partial charge in [-0.3, -0.25) is 4.79 Å². The van der Waals surface area contributed by atoms with Gasteiger partial charge in [0.1, 0.15) is 22.1 Å². The topological polar surface area (TPSA) is 95.3 Å². The van der Waals surface area contributed by atoms with E-state index in [9.17, 15) is 9.59 Å². The summed E-state index contributed by atoms with van der Waals surface area (Å²) in [4.78, 5) is 25.3. The van der Waals surface area contributed by atoms with Crippen molar-refractivity contribution in [3.63, 3.8) is 0 Å². The van der Waals surface area contributed by atoms with Crippen molar-refractivity contribution < 1.29 is 19.1 Å². The van der Waals surface area contributed by atoms with Crippen LogP contribution in [0.5, 0.6) is 5.75 Å². The number of amides is 1. The SMILES string of the molecule is COC(=O)c1c(-c2ccc(Cl)cc2)csc1NC(=O)CSc1nnc(Cc2ccc(OC)cc2)n1C. The second-order valence-corrected chi connectivity index (χ2v) is 9.93. The van der Waals surface area contributed by atoms with Gasteiger partial charge in [0.15, 0.2) is 5.16 Å². The summed E-state index contributed by atoms with van der Waals surface area (Å²) in [5.74, 6) is 0.876. The van der Waals surface area contributed by atoms with Crippen LogP contribution in [0.4, 0.5) is 5.00 Å². The maximum Gasteiger partial charge on any atom is 0.341 e. The molecule has 0 bridgehead atoms. The summed E-state index contributed by atoms with van der Waals surface area (Å²) >= 11 is 8.52. The molecule has 36 heavy (non-hydrogen) atoms. The van der Waals surface area contributed by atoms with Crippen LogP contribution in [0.15, 0.2) is 59.1 Å². The Kier molecular flexibility index (Phi) is 8.29. The van der Waals surface area contributed by atoms with Crippen LogP contribution in [0.3, 0.4) is 0 Å². The zero-order valence-corrected chi connectivity index (χ0v) is 22.2. The predicted octanol–water partition coefficient (Wildman–Crippen LogP) is 5.31. The monoisotopic (exact) mass is 542 g/mol. The van der Waals surface area contributed by atoms with Gasteiger partial charge in [-0.25, -0.2) is 4.79 Å². The molecule has 0 unspecified atom stereocenters. The van der Waals surface area contributed by atoms with Crippen LogP contribution in [0.2, 0.25) is 5.02 Å². The molecule has 1 N–H and O–H groups in total. The fourth-order valence-corrected chi connectivity index (χ4v) is 5.27. The quantitative estimate of drug-likeness (QED) is 0.226. The van der Waals surface area contributed by atoms with Crippen molar-refractivity contribution >= 4 is 51.6 Å². The van der Waals surface area contributed by atoms with E-state index in [0.717, 1.165) is 22.7 Å². The highest BCUT2D eigenvalue weighted by molar-refractivity contribution is 7.99. The number of rotatable bonds is 9. The molecular weight excluding hydrogens is 520 g/mol. The van der Waals surface area contributed by atoms with Gasteiger partial charge in [-0.2, -0.15) is 0 Å². The zero-order chi connectivity index (χ0) is 25.7. The fraction of sp³-hybridized carbons (Fsp3) is 0.200. The molecule has 0 aliphatic carbocycles. The third-order valence-corrected chi connectivity index (χ3v) is 7.54. The number of methoxy groups -OCH3 is 2. The highest BCUT2D eigenvalue weighted by Gasteiger charge is 2.23. The van der Waals surface area contributed by atoms with Crippen LogP contribution in [0, 0.1) is 0 Å². The largest absolute Gasteiger partial charge is 0.497 e. The lowest BCUT2D eigenvalue weighted by atomic mass is 10.0. The van der Waals surface area contributed by atoms with E-state index in [1.807, 2.05) is 53.4 Å². The van der Waals surface area contributed by atoms with Gasteiger partial charge in [-0.05, 0) is 35.4 Å². The van der Waals surface area contributed by atoms with Gasteiger partial charge < -0.3 is 19.4 Å². The van der Waals surface area contributed by atoms with E-state index in [-0.39, 0.29) is 11.7 Å². The van der Waals surface area contributed by atoms with Crippen molar-refractivity contribution in [3.8, 4) is 16.9 Å². The van der Waals surface area contributed by atoms with Crippen molar-refractivity contribution in [2.24, 2.45) is 7.05 Å². The Bertz CT molecular complexity index is 1370. The smallest absolute Gasteiger partial charge is 0.341 e. The molecule has 2 aromatic heterocycles. The van der Waals surface area contributed by atoms with E-state index < -0.39 is 5.97 Å². The van der Waals surface area contributed by atoms with Crippen molar-refractivity contribution in [3.05, 3.63) is 75.9 Å². The highest BCUT2D eigenvalue weighted by Crippen LogP contribution is 2.36. The number of benzene rings is 2. The lowest BCUT2D eigenvalue weighted by Crippen LogP contribution is -2.16. The first kappa shape index (κ1) is 25.7. The van der Waals surface area contributed by atoms with Gasteiger partial charge in [-0.15, -0.1) is 21.5 Å². The Hall–Kier alpha value is -3.34. The number of halogens is 1. The Labute approximate surface area is 221 Å². The number of ether oxygens (including phenoxy) is 2. The van der Waals surface area contributed by atoms with Gasteiger partial charge in [0.25, 0.3) is 0 Å². The Balaban J connectivity index is 1.42. The summed E-state index contributed by atoms with van der Waals surface area (Å²) in [5.41, 5.74) is 2.85. The highest BCUT2D eigenvalue weighted by atomic mass is 35.5. The second kappa shape index (κ2) is 11.6.